The Kier molecular flexibility index (Phi) is 5.18. The number of nitrogens with one attached hydrogen (secondary N) is 1. The van der Waals surface area contributed by atoms with Crippen molar-refractivity contribution in [1.82, 2.24) is 20.3 Å². The lowest BCUT2D eigenvalue weighted by atomic mass is 10.2. The van der Waals surface area contributed by atoms with Crippen molar-refractivity contribution >= 4 is 15.9 Å². The lowest BCUT2D eigenvalue weighted by Gasteiger charge is -2.12. The summed E-state index contributed by atoms with van der Waals surface area (Å²) in [7, 11) is 0. The molecule has 5 nitrogen and oxygen atoms in total. The van der Waals surface area contributed by atoms with E-state index in [1.807, 2.05) is 0 Å². The molecule has 0 saturated carbocycles. The summed E-state index contributed by atoms with van der Waals surface area (Å²) < 4.78 is 42.2. The predicted octanol–water partition coefficient (Wildman–Crippen LogP) is 2.73. The molecule has 0 aliphatic rings. The zero-order valence-electron chi connectivity index (χ0n) is 10.8. The lowest BCUT2D eigenvalue weighted by molar-refractivity contribution is -0.274. The first-order valence-electron chi connectivity index (χ1n) is 6.03. The number of nitrogens with zero attached hydrogens (tertiary/aromatic N) is 3. The van der Waals surface area contributed by atoms with Gasteiger partial charge in [-0.05, 0) is 33.6 Å². The minimum Gasteiger partial charge on any atom is -0.405 e. The van der Waals surface area contributed by atoms with Crippen LogP contribution in [0.2, 0.25) is 0 Å². The van der Waals surface area contributed by atoms with Crippen LogP contribution in [-0.2, 0) is 13.1 Å². The Balaban J connectivity index is 1.82. The van der Waals surface area contributed by atoms with Gasteiger partial charge >= 0.3 is 6.36 Å². The quantitative estimate of drug-likeness (QED) is 0.800. The van der Waals surface area contributed by atoms with Crippen molar-refractivity contribution < 1.29 is 17.9 Å². The zero-order valence-corrected chi connectivity index (χ0v) is 12.4. The van der Waals surface area contributed by atoms with E-state index in [2.05, 4.69) is 36.3 Å². The third-order valence-corrected chi connectivity index (χ3v) is 3.16. The summed E-state index contributed by atoms with van der Waals surface area (Å²) in [4.78, 5) is 0. The summed E-state index contributed by atoms with van der Waals surface area (Å²) in [5, 5.41) is 10.7. The van der Waals surface area contributed by atoms with Gasteiger partial charge in [0, 0.05) is 19.3 Å². The van der Waals surface area contributed by atoms with E-state index in [1.54, 1.807) is 29.2 Å². The van der Waals surface area contributed by atoms with Crippen molar-refractivity contribution in [3.8, 4) is 5.75 Å². The minimum atomic E-state index is -4.69. The number of halogens is 4. The van der Waals surface area contributed by atoms with Gasteiger partial charge in [-0.15, -0.1) is 18.3 Å². The standard InChI is InChI=1S/C12H12BrF3N4O/c13-10-7-9(1-2-11(10)21-12(14,15)16)8-17-3-5-20-6-4-18-19-20/h1-2,4,6-7,17H,3,5,8H2. The van der Waals surface area contributed by atoms with E-state index in [0.717, 1.165) is 5.56 Å². The molecule has 2 rings (SSSR count). The van der Waals surface area contributed by atoms with Crippen LogP contribution in [0.4, 0.5) is 13.2 Å². The molecule has 0 fully saturated rings. The molecule has 1 heterocycles. The summed E-state index contributed by atoms with van der Waals surface area (Å²) in [6.07, 6.45) is -1.35. The van der Waals surface area contributed by atoms with Crippen LogP contribution >= 0.6 is 15.9 Å². The van der Waals surface area contributed by atoms with Gasteiger partial charge in [-0.1, -0.05) is 11.3 Å². The van der Waals surface area contributed by atoms with Crippen LogP contribution in [0.5, 0.6) is 5.75 Å². The Morgan fingerprint density at radius 3 is 2.76 bits per heavy atom. The van der Waals surface area contributed by atoms with Crippen LogP contribution in [0, 0.1) is 0 Å². The molecule has 1 aromatic carbocycles. The van der Waals surface area contributed by atoms with E-state index in [0.29, 0.717) is 19.6 Å². The summed E-state index contributed by atoms with van der Waals surface area (Å²) in [6.45, 7) is 1.86. The van der Waals surface area contributed by atoms with E-state index in [-0.39, 0.29) is 10.2 Å². The number of alkyl halides is 3. The van der Waals surface area contributed by atoms with Gasteiger partial charge in [-0.25, -0.2) is 0 Å². The maximum absolute atomic E-state index is 12.1. The second-order valence-corrected chi connectivity index (χ2v) is 5.01. The van der Waals surface area contributed by atoms with Crippen LogP contribution in [0.25, 0.3) is 0 Å². The summed E-state index contributed by atoms with van der Waals surface area (Å²) in [5.41, 5.74) is 0.843. The molecule has 1 aromatic heterocycles. The molecule has 2 aromatic rings. The van der Waals surface area contributed by atoms with E-state index in [1.165, 1.54) is 6.07 Å². The number of benzene rings is 1. The average molecular weight is 365 g/mol. The molecule has 0 atom stereocenters. The largest absolute Gasteiger partial charge is 0.573 e. The van der Waals surface area contributed by atoms with Gasteiger partial charge in [0.1, 0.15) is 5.75 Å². The fraction of sp³-hybridized carbons (Fsp3) is 0.333. The molecule has 1 N–H and O–H groups in total. The van der Waals surface area contributed by atoms with Gasteiger partial charge in [0.05, 0.1) is 17.2 Å². The highest BCUT2D eigenvalue weighted by Gasteiger charge is 2.31. The minimum absolute atomic E-state index is 0.256. The van der Waals surface area contributed by atoms with Crippen molar-refractivity contribution in [2.45, 2.75) is 19.5 Å². The van der Waals surface area contributed by atoms with Crippen LogP contribution in [0.1, 0.15) is 5.56 Å². The molecule has 21 heavy (non-hydrogen) atoms. The Bertz CT molecular complexity index is 574. The maximum Gasteiger partial charge on any atom is 0.573 e. The van der Waals surface area contributed by atoms with Crippen molar-refractivity contribution in [3.63, 3.8) is 0 Å². The molecule has 0 amide bonds. The van der Waals surface area contributed by atoms with Crippen molar-refractivity contribution in [2.75, 3.05) is 6.54 Å². The lowest BCUT2D eigenvalue weighted by Crippen LogP contribution is -2.20. The summed E-state index contributed by atoms with van der Waals surface area (Å²) >= 11 is 3.07. The highest BCUT2D eigenvalue weighted by atomic mass is 79.9. The average Bonchev–Trinajstić information content (AvgIpc) is 2.89. The van der Waals surface area contributed by atoms with Crippen molar-refractivity contribution in [1.29, 1.82) is 0 Å². The molecule has 0 bridgehead atoms. The Morgan fingerprint density at radius 1 is 1.33 bits per heavy atom. The zero-order chi connectivity index (χ0) is 15.3. The number of hydrogen-bond acceptors (Lipinski definition) is 4. The molecule has 0 saturated heterocycles. The second-order valence-electron chi connectivity index (χ2n) is 4.16. The van der Waals surface area contributed by atoms with Crippen LogP contribution in [0.3, 0.4) is 0 Å². The Morgan fingerprint density at radius 2 is 2.14 bits per heavy atom. The van der Waals surface area contributed by atoms with E-state index in [4.69, 9.17) is 0 Å². The fourth-order valence-electron chi connectivity index (χ4n) is 1.64. The first kappa shape index (κ1) is 15.8. The van der Waals surface area contributed by atoms with Gasteiger partial charge in [0.25, 0.3) is 0 Å². The van der Waals surface area contributed by atoms with Crippen molar-refractivity contribution in [3.05, 3.63) is 40.6 Å². The third kappa shape index (κ3) is 5.35. The maximum atomic E-state index is 12.1. The topological polar surface area (TPSA) is 52.0 Å². The molecule has 0 unspecified atom stereocenters. The van der Waals surface area contributed by atoms with Gasteiger partial charge in [-0.2, -0.15) is 0 Å². The fourth-order valence-corrected chi connectivity index (χ4v) is 2.15. The molecule has 0 aliphatic heterocycles. The van der Waals surface area contributed by atoms with E-state index < -0.39 is 6.36 Å². The Hall–Kier alpha value is -1.61. The number of aromatic nitrogens is 3. The third-order valence-electron chi connectivity index (χ3n) is 2.54. The van der Waals surface area contributed by atoms with E-state index >= 15 is 0 Å². The smallest absolute Gasteiger partial charge is 0.405 e. The highest BCUT2D eigenvalue weighted by Crippen LogP contribution is 2.30. The number of ether oxygens (including phenoxy) is 1. The monoisotopic (exact) mass is 364 g/mol. The van der Waals surface area contributed by atoms with Gasteiger partial charge in [-0.3, -0.25) is 4.68 Å². The van der Waals surface area contributed by atoms with Crippen molar-refractivity contribution in [2.24, 2.45) is 0 Å². The van der Waals surface area contributed by atoms with Gasteiger partial charge in [0.15, 0.2) is 0 Å². The van der Waals surface area contributed by atoms with Gasteiger partial charge in [0.2, 0.25) is 0 Å². The molecular weight excluding hydrogens is 353 g/mol. The second kappa shape index (κ2) is 6.90. The normalized spacial score (nSPS) is 11.6. The molecular formula is C12H12BrF3N4O. The molecule has 0 spiro atoms. The van der Waals surface area contributed by atoms with Crippen LogP contribution in [0.15, 0.2) is 35.1 Å². The molecule has 114 valence electrons. The SMILES string of the molecule is FC(F)(F)Oc1ccc(CNCCn2ccnn2)cc1Br. The first-order chi connectivity index (χ1) is 9.94. The first-order valence-corrected chi connectivity index (χ1v) is 6.82. The van der Waals surface area contributed by atoms with Crippen LogP contribution in [-0.4, -0.2) is 27.9 Å². The number of hydrogen-bond donors (Lipinski definition) is 1. The number of rotatable bonds is 6. The molecule has 9 heteroatoms. The molecule has 0 radical (unpaired) electrons. The summed E-state index contributed by atoms with van der Waals surface area (Å²) in [6, 6.07) is 4.45. The van der Waals surface area contributed by atoms with E-state index in [9.17, 15) is 13.2 Å². The Labute approximate surface area is 127 Å². The van der Waals surface area contributed by atoms with Gasteiger partial charge < -0.3 is 10.1 Å². The highest BCUT2D eigenvalue weighted by molar-refractivity contribution is 9.10. The van der Waals surface area contributed by atoms with Crippen LogP contribution < -0.4 is 10.1 Å². The predicted molar refractivity (Wildman–Crippen MR) is 72.6 cm³/mol. The summed E-state index contributed by atoms with van der Waals surface area (Å²) in [5.74, 6) is -0.256. The molecule has 0 aliphatic carbocycles.